The maximum Gasteiger partial charge on any atom is 0.417 e. The van der Waals surface area contributed by atoms with Gasteiger partial charge in [0.05, 0.1) is 31.1 Å². The van der Waals surface area contributed by atoms with E-state index in [1.165, 1.54) is 0 Å². The number of nitrogens with zero attached hydrogens (tertiary/aromatic N) is 3. The number of amides is 5. The van der Waals surface area contributed by atoms with E-state index in [1.54, 1.807) is 76.2 Å². The molecule has 252 valence electrons. The first-order valence-corrected chi connectivity index (χ1v) is 15.2. The Morgan fingerprint density at radius 2 is 1.47 bits per heavy atom. The summed E-state index contributed by atoms with van der Waals surface area (Å²) in [7, 11) is 0. The standard InChI is InChI=1S/C32H41N7O8/c1-5-46-30(44)25-17-20(29(43)39(25)31(45)47-32(2,3)4)7-6-8-26(40)34-18-27(41)35-19-28(42)36-22-13-15-24(16-14-22)38-37-23-11-9-21(33)10-12-23/h9-16,20,25H,5-8,17-19,33H2,1-4H3,(H,34,40)(H,35,41)(H,36,42)/b38-37+. The summed E-state index contributed by atoms with van der Waals surface area (Å²) < 4.78 is 10.4. The van der Waals surface area contributed by atoms with Gasteiger partial charge in [-0.05, 0) is 95.5 Å². The first kappa shape index (κ1) is 36.1. The molecule has 15 nitrogen and oxygen atoms in total. The summed E-state index contributed by atoms with van der Waals surface area (Å²) in [5.74, 6) is -3.41. The fraction of sp³-hybridized carbons (Fsp3) is 0.438. The third-order valence-corrected chi connectivity index (χ3v) is 6.73. The number of likely N-dealkylation sites (tertiary alicyclic amines) is 1. The molecular weight excluding hydrogens is 610 g/mol. The van der Waals surface area contributed by atoms with Crippen LogP contribution in [0, 0.1) is 5.92 Å². The predicted octanol–water partition coefficient (Wildman–Crippen LogP) is 3.74. The summed E-state index contributed by atoms with van der Waals surface area (Å²) >= 11 is 0. The van der Waals surface area contributed by atoms with E-state index < -0.39 is 53.3 Å². The SMILES string of the molecule is CCOC(=O)C1CC(CCCC(=O)NCC(=O)NCC(=O)Nc2ccc(/N=N/c3ccc(N)cc3)cc2)C(=O)N1C(=O)OC(C)(C)C. The fourth-order valence-electron chi connectivity index (χ4n) is 4.53. The van der Waals surface area contributed by atoms with Crippen LogP contribution in [0.25, 0.3) is 0 Å². The summed E-state index contributed by atoms with van der Waals surface area (Å²) in [6.45, 7) is 6.00. The van der Waals surface area contributed by atoms with Crippen LogP contribution in [-0.2, 0) is 33.4 Å². The van der Waals surface area contributed by atoms with Gasteiger partial charge >= 0.3 is 12.1 Å². The van der Waals surface area contributed by atoms with Gasteiger partial charge in [0, 0.05) is 23.7 Å². The van der Waals surface area contributed by atoms with Crippen LogP contribution >= 0.6 is 0 Å². The molecule has 15 heteroatoms. The Kier molecular flexibility index (Phi) is 12.9. The second-order valence-electron chi connectivity index (χ2n) is 11.7. The number of carbonyl (C=O) groups is 6. The Morgan fingerprint density at radius 1 is 0.894 bits per heavy atom. The van der Waals surface area contributed by atoms with Crippen molar-refractivity contribution in [3.8, 4) is 0 Å². The van der Waals surface area contributed by atoms with Gasteiger partial charge in [-0.1, -0.05) is 0 Å². The maximum absolute atomic E-state index is 13.0. The summed E-state index contributed by atoms with van der Waals surface area (Å²) in [6.07, 6.45) is -0.356. The maximum atomic E-state index is 13.0. The second-order valence-corrected chi connectivity index (χ2v) is 11.7. The van der Waals surface area contributed by atoms with Crippen molar-refractivity contribution in [2.24, 2.45) is 16.1 Å². The number of rotatable bonds is 13. The van der Waals surface area contributed by atoms with Gasteiger partial charge in [-0.3, -0.25) is 19.2 Å². The monoisotopic (exact) mass is 651 g/mol. The number of benzene rings is 2. The molecular formula is C32H41N7O8. The average molecular weight is 652 g/mol. The molecule has 2 atom stereocenters. The van der Waals surface area contributed by atoms with Crippen LogP contribution in [0.5, 0.6) is 0 Å². The van der Waals surface area contributed by atoms with Crippen LogP contribution in [0.15, 0.2) is 58.8 Å². The number of hydrogen-bond acceptors (Lipinski definition) is 11. The number of anilines is 2. The summed E-state index contributed by atoms with van der Waals surface area (Å²) in [4.78, 5) is 75.7. The van der Waals surface area contributed by atoms with E-state index >= 15 is 0 Å². The van der Waals surface area contributed by atoms with Gasteiger partial charge in [-0.15, -0.1) is 0 Å². The first-order valence-electron chi connectivity index (χ1n) is 15.2. The molecule has 2 aromatic carbocycles. The van der Waals surface area contributed by atoms with E-state index in [0.717, 1.165) is 4.90 Å². The number of nitrogens with two attached hydrogens (primary N) is 1. The molecule has 2 unspecified atom stereocenters. The van der Waals surface area contributed by atoms with Crippen LogP contribution in [0.4, 0.5) is 27.5 Å². The molecule has 0 saturated carbocycles. The third-order valence-electron chi connectivity index (χ3n) is 6.73. The molecule has 0 spiro atoms. The third kappa shape index (κ3) is 11.8. The molecule has 1 aliphatic rings. The molecule has 2 aromatic rings. The van der Waals surface area contributed by atoms with E-state index in [9.17, 15) is 28.8 Å². The minimum atomic E-state index is -1.10. The molecule has 1 saturated heterocycles. The highest BCUT2D eigenvalue weighted by Crippen LogP contribution is 2.31. The topological polar surface area (TPSA) is 211 Å². The number of nitrogen functional groups attached to an aromatic ring is 1. The predicted molar refractivity (Wildman–Crippen MR) is 172 cm³/mol. The number of ether oxygens (including phenoxy) is 2. The van der Waals surface area contributed by atoms with Crippen LogP contribution in [-0.4, -0.2) is 71.9 Å². The molecule has 0 aromatic heterocycles. The molecule has 5 amide bonds. The van der Waals surface area contributed by atoms with Crippen LogP contribution in [0.3, 0.4) is 0 Å². The average Bonchev–Trinajstić information content (AvgIpc) is 3.34. The van der Waals surface area contributed by atoms with Gasteiger partial charge in [0.15, 0.2) is 0 Å². The number of imide groups is 1. The van der Waals surface area contributed by atoms with Gasteiger partial charge in [0.2, 0.25) is 23.6 Å². The summed E-state index contributed by atoms with van der Waals surface area (Å²) in [5.41, 5.74) is 7.11. The van der Waals surface area contributed by atoms with Crippen molar-refractivity contribution in [1.29, 1.82) is 0 Å². The zero-order valence-electron chi connectivity index (χ0n) is 26.9. The molecule has 1 fully saturated rings. The lowest BCUT2D eigenvalue weighted by Gasteiger charge is -2.26. The van der Waals surface area contributed by atoms with Crippen LogP contribution in [0.1, 0.15) is 53.4 Å². The van der Waals surface area contributed by atoms with Gasteiger partial charge in [-0.25, -0.2) is 14.5 Å². The Morgan fingerprint density at radius 3 is 2.06 bits per heavy atom. The second kappa shape index (κ2) is 16.8. The van der Waals surface area contributed by atoms with Crippen molar-refractivity contribution in [1.82, 2.24) is 15.5 Å². The number of hydrogen-bond donors (Lipinski definition) is 4. The zero-order chi connectivity index (χ0) is 34.6. The zero-order valence-corrected chi connectivity index (χ0v) is 26.9. The number of nitrogens with one attached hydrogen (secondary N) is 3. The van der Waals surface area contributed by atoms with Crippen LogP contribution in [0.2, 0.25) is 0 Å². The van der Waals surface area contributed by atoms with Gasteiger partial charge in [0.25, 0.3) is 0 Å². The minimum Gasteiger partial charge on any atom is -0.464 e. The fourth-order valence-corrected chi connectivity index (χ4v) is 4.53. The molecule has 3 rings (SSSR count). The Labute approximate surface area is 272 Å². The van der Waals surface area contributed by atoms with Gasteiger partial charge in [0.1, 0.15) is 11.6 Å². The molecule has 0 bridgehead atoms. The number of esters is 1. The lowest BCUT2D eigenvalue weighted by Crippen LogP contribution is -2.46. The molecule has 47 heavy (non-hydrogen) atoms. The van der Waals surface area contributed by atoms with Crippen LogP contribution < -0.4 is 21.7 Å². The van der Waals surface area contributed by atoms with Crippen molar-refractivity contribution in [3.63, 3.8) is 0 Å². The van der Waals surface area contributed by atoms with Gasteiger partial charge < -0.3 is 31.2 Å². The Balaban J connectivity index is 1.36. The lowest BCUT2D eigenvalue weighted by molar-refractivity contribution is -0.151. The van der Waals surface area contributed by atoms with Crippen molar-refractivity contribution >= 4 is 58.4 Å². The van der Waals surface area contributed by atoms with E-state index in [0.29, 0.717) is 22.7 Å². The lowest BCUT2D eigenvalue weighted by atomic mass is 9.98. The highest BCUT2D eigenvalue weighted by atomic mass is 16.6. The largest absolute Gasteiger partial charge is 0.464 e. The van der Waals surface area contributed by atoms with E-state index in [1.807, 2.05) is 0 Å². The van der Waals surface area contributed by atoms with Crippen molar-refractivity contribution in [3.05, 3.63) is 48.5 Å². The van der Waals surface area contributed by atoms with E-state index in [4.69, 9.17) is 15.2 Å². The Bertz CT molecular complexity index is 1470. The molecule has 5 N–H and O–H groups in total. The Hall–Kier alpha value is -5.34. The number of carbonyl (C=O) groups excluding carboxylic acids is 6. The molecule has 0 radical (unpaired) electrons. The first-order chi connectivity index (χ1) is 22.3. The minimum absolute atomic E-state index is 0.00357. The van der Waals surface area contributed by atoms with Crippen molar-refractivity contribution < 1.29 is 38.2 Å². The van der Waals surface area contributed by atoms with E-state index in [-0.39, 0.29) is 45.4 Å². The van der Waals surface area contributed by atoms with Gasteiger partial charge in [-0.2, -0.15) is 10.2 Å². The number of azo groups is 1. The highest BCUT2D eigenvalue weighted by Gasteiger charge is 2.48. The van der Waals surface area contributed by atoms with Crippen molar-refractivity contribution in [2.45, 2.75) is 65.0 Å². The van der Waals surface area contributed by atoms with Crippen molar-refractivity contribution in [2.75, 3.05) is 30.7 Å². The molecule has 1 aliphatic heterocycles. The quantitative estimate of drug-likeness (QED) is 0.141. The van der Waals surface area contributed by atoms with E-state index in [2.05, 4.69) is 26.2 Å². The molecule has 1 heterocycles. The normalized spacial score (nSPS) is 16.1. The molecule has 0 aliphatic carbocycles. The highest BCUT2D eigenvalue weighted by molar-refractivity contribution is 6.00. The summed E-state index contributed by atoms with van der Waals surface area (Å²) in [5, 5.41) is 15.8. The summed E-state index contributed by atoms with van der Waals surface area (Å²) in [6, 6.07) is 12.4. The smallest absolute Gasteiger partial charge is 0.417 e.